The summed E-state index contributed by atoms with van der Waals surface area (Å²) in [5.74, 6) is 0.811. The predicted octanol–water partition coefficient (Wildman–Crippen LogP) is 2.88. The van der Waals surface area contributed by atoms with Crippen molar-refractivity contribution in [3.05, 3.63) is 39.6 Å². The average Bonchev–Trinajstić information content (AvgIpc) is 2.86. The molecule has 20 heavy (non-hydrogen) atoms. The van der Waals surface area contributed by atoms with Crippen molar-refractivity contribution in [3.63, 3.8) is 0 Å². The highest BCUT2D eigenvalue weighted by Gasteiger charge is 2.07. The minimum absolute atomic E-state index is 0.489. The van der Waals surface area contributed by atoms with Gasteiger partial charge in [-0.05, 0) is 38.4 Å². The molecule has 0 unspecified atom stereocenters. The van der Waals surface area contributed by atoms with Crippen molar-refractivity contribution in [1.82, 2.24) is 9.97 Å². The number of pyridine rings is 1. The summed E-state index contributed by atoms with van der Waals surface area (Å²) in [4.78, 5) is 9.04. The molecular weight excluding hydrogens is 270 g/mol. The van der Waals surface area contributed by atoms with Gasteiger partial charge in [0.1, 0.15) is 12.4 Å². The Balaban J connectivity index is 2.02. The third kappa shape index (κ3) is 4.02. The summed E-state index contributed by atoms with van der Waals surface area (Å²) in [6.07, 6.45) is 2.89. The molecule has 0 spiro atoms. The first-order valence-electron chi connectivity index (χ1n) is 6.95. The lowest BCUT2D eigenvalue weighted by atomic mass is 10.2. The van der Waals surface area contributed by atoms with Crippen LogP contribution in [-0.2, 0) is 19.4 Å². The SMILES string of the molecule is CCCc1nc(COc2ccc(C)nc2CCN)cs1. The molecule has 0 amide bonds. The summed E-state index contributed by atoms with van der Waals surface area (Å²) in [6.45, 7) is 5.20. The Morgan fingerprint density at radius 1 is 1.25 bits per heavy atom. The first-order chi connectivity index (χ1) is 9.72. The van der Waals surface area contributed by atoms with Gasteiger partial charge in [0.15, 0.2) is 0 Å². The van der Waals surface area contributed by atoms with Crippen LogP contribution in [0.3, 0.4) is 0 Å². The predicted molar refractivity (Wildman–Crippen MR) is 82.2 cm³/mol. The van der Waals surface area contributed by atoms with Gasteiger partial charge in [0.05, 0.1) is 16.4 Å². The maximum Gasteiger partial charge on any atom is 0.141 e. The Kier molecular flexibility index (Phi) is 5.49. The van der Waals surface area contributed by atoms with Crippen LogP contribution < -0.4 is 10.5 Å². The fourth-order valence-electron chi connectivity index (χ4n) is 1.94. The van der Waals surface area contributed by atoms with Gasteiger partial charge in [-0.1, -0.05) is 6.92 Å². The molecule has 2 aromatic heterocycles. The number of hydrogen-bond acceptors (Lipinski definition) is 5. The number of nitrogens with zero attached hydrogens (tertiary/aromatic N) is 2. The standard InChI is InChI=1S/C15H21N3OS/c1-3-4-15-18-12(10-20-15)9-19-14-6-5-11(2)17-13(14)7-8-16/h5-6,10H,3-4,7-9,16H2,1-2H3. The summed E-state index contributed by atoms with van der Waals surface area (Å²) in [5.41, 5.74) is 8.51. The lowest BCUT2D eigenvalue weighted by Crippen LogP contribution is -2.08. The molecule has 2 aromatic rings. The van der Waals surface area contributed by atoms with E-state index in [1.54, 1.807) is 11.3 Å². The number of aromatic nitrogens is 2. The van der Waals surface area contributed by atoms with Crippen LogP contribution >= 0.6 is 11.3 Å². The van der Waals surface area contributed by atoms with Crippen LogP contribution in [0.15, 0.2) is 17.5 Å². The van der Waals surface area contributed by atoms with Gasteiger partial charge in [-0.15, -0.1) is 11.3 Å². The highest BCUT2D eigenvalue weighted by Crippen LogP contribution is 2.20. The van der Waals surface area contributed by atoms with Crippen LogP contribution in [0.4, 0.5) is 0 Å². The maximum absolute atomic E-state index is 5.85. The normalized spacial score (nSPS) is 10.8. The molecule has 0 aromatic carbocycles. The van der Waals surface area contributed by atoms with Crippen molar-refractivity contribution < 1.29 is 4.74 Å². The highest BCUT2D eigenvalue weighted by molar-refractivity contribution is 7.09. The third-order valence-corrected chi connectivity index (χ3v) is 3.85. The maximum atomic E-state index is 5.85. The fourth-order valence-corrected chi connectivity index (χ4v) is 2.83. The molecule has 0 fully saturated rings. The summed E-state index contributed by atoms with van der Waals surface area (Å²) in [6, 6.07) is 3.92. The fraction of sp³-hybridized carbons (Fsp3) is 0.467. The minimum Gasteiger partial charge on any atom is -0.485 e. The quantitative estimate of drug-likeness (QED) is 0.852. The van der Waals surface area contributed by atoms with Gasteiger partial charge < -0.3 is 10.5 Å². The molecule has 108 valence electrons. The van der Waals surface area contributed by atoms with E-state index < -0.39 is 0 Å². The number of aryl methyl sites for hydroxylation is 2. The van der Waals surface area contributed by atoms with Crippen LogP contribution in [-0.4, -0.2) is 16.5 Å². The van der Waals surface area contributed by atoms with E-state index in [1.807, 2.05) is 19.1 Å². The summed E-state index contributed by atoms with van der Waals surface area (Å²) >= 11 is 1.70. The average molecular weight is 291 g/mol. The molecule has 0 saturated carbocycles. The smallest absolute Gasteiger partial charge is 0.141 e. The second-order valence-corrected chi connectivity index (χ2v) is 5.65. The monoisotopic (exact) mass is 291 g/mol. The van der Waals surface area contributed by atoms with Crippen LogP contribution in [0.2, 0.25) is 0 Å². The number of hydrogen-bond donors (Lipinski definition) is 1. The first kappa shape index (κ1) is 14.9. The van der Waals surface area contributed by atoms with E-state index >= 15 is 0 Å². The second kappa shape index (κ2) is 7.36. The molecule has 0 atom stereocenters. The summed E-state index contributed by atoms with van der Waals surface area (Å²) in [7, 11) is 0. The second-order valence-electron chi connectivity index (χ2n) is 4.71. The lowest BCUT2D eigenvalue weighted by Gasteiger charge is -2.10. The Hall–Kier alpha value is -1.46. The van der Waals surface area contributed by atoms with Gasteiger partial charge in [-0.3, -0.25) is 4.98 Å². The van der Waals surface area contributed by atoms with Crippen molar-refractivity contribution in [2.24, 2.45) is 5.73 Å². The molecule has 0 saturated heterocycles. The molecular formula is C15H21N3OS. The van der Waals surface area contributed by atoms with Gasteiger partial charge in [0.25, 0.3) is 0 Å². The minimum atomic E-state index is 0.489. The van der Waals surface area contributed by atoms with Crippen LogP contribution in [0.1, 0.15) is 35.4 Å². The lowest BCUT2D eigenvalue weighted by molar-refractivity contribution is 0.297. The van der Waals surface area contributed by atoms with E-state index in [2.05, 4.69) is 22.3 Å². The third-order valence-electron chi connectivity index (χ3n) is 2.89. The largest absolute Gasteiger partial charge is 0.485 e. The molecule has 0 aliphatic carbocycles. The van der Waals surface area contributed by atoms with Gasteiger partial charge in [-0.25, -0.2) is 4.98 Å². The van der Waals surface area contributed by atoms with Gasteiger partial charge in [0.2, 0.25) is 0 Å². The van der Waals surface area contributed by atoms with E-state index in [-0.39, 0.29) is 0 Å². The zero-order chi connectivity index (χ0) is 14.4. The molecule has 0 bridgehead atoms. The van der Waals surface area contributed by atoms with E-state index in [0.717, 1.165) is 42.1 Å². The van der Waals surface area contributed by atoms with E-state index in [1.165, 1.54) is 5.01 Å². The van der Waals surface area contributed by atoms with Crippen LogP contribution in [0.25, 0.3) is 0 Å². The highest BCUT2D eigenvalue weighted by atomic mass is 32.1. The first-order valence-corrected chi connectivity index (χ1v) is 7.83. The van der Waals surface area contributed by atoms with E-state index in [0.29, 0.717) is 13.2 Å². The number of thiazole rings is 1. The van der Waals surface area contributed by atoms with Gasteiger partial charge >= 0.3 is 0 Å². The van der Waals surface area contributed by atoms with Crippen molar-refractivity contribution >= 4 is 11.3 Å². The van der Waals surface area contributed by atoms with Gasteiger partial charge in [-0.2, -0.15) is 0 Å². The molecule has 0 aliphatic heterocycles. The molecule has 0 aliphatic rings. The van der Waals surface area contributed by atoms with Crippen molar-refractivity contribution in [2.45, 2.75) is 39.7 Å². The van der Waals surface area contributed by atoms with E-state index in [4.69, 9.17) is 10.5 Å². The Labute approximate surface area is 124 Å². The number of ether oxygens (including phenoxy) is 1. The molecule has 0 radical (unpaired) electrons. The zero-order valence-corrected chi connectivity index (χ0v) is 12.9. The zero-order valence-electron chi connectivity index (χ0n) is 12.1. The number of rotatable bonds is 7. The molecule has 2 rings (SSSR count). The van der Waals surface area contributed by atoms with E-state index in [9.17, 15) is 0 Å². The topological polar surface area (TPSA) is 61.0 Å². The Morgan fingerprint density at radius 3 is 2.85 bits per heavy atom. The van der Waals surface area contributed by atoms with Crippen molar-refractivity contribution in [1.29, 1.82) is 0 Å². The van der Waals surface area contributed by atoms with Gasteiger partial charge in [0, 0.05) is 17.5 Å². The molecule has 5 heteroatoms. The number of nitrogens with two attached hydrogens (primary N) is 1. The van der Waals surface area contributed by atoms with Crippen LogP contribution in [0.5, 0.6) is 5.75 Å². The Bertz CT molecular complexity index is 554. The van der Waals surface area contributed by atoms with Crippen molar-refractivity contribution in [2.75, 3.05) is 6.54 Å². The molecule has 4 nitrogen and oxygen atoms in total. The van der Waals surface area contributed by atoms with Crippen molar-refractivity contribution in [3.8, 4) is 5.75 Å². The summed E-state index contributed by atoms with van der Waals surface area (Å²) < 4.78 is 5.85. The molecule has 2 heterocycles. The molecule has 2 N–H and O–H groups in total. The summed E-state index contributed by atoms with van der Waals surface area (Å²) in [5, 5.41) is 3.24. The van der Waals surface area contributed by atoms with Crippen LogP contribution in [0, 0.1) is 6.92 Å². The Morgan fingerprint density at radius 2 is 2.10 bits per heavy atom.